The van der Waals surface area contributed by atoms with Crippen LogP contribution in [0, 0.1) is 5.82 Å². The molecular weight excluding hydrogens is 357 g/mol. The maximum absolute atomic E-state index is 13.4. The van der Waals surface area contributed by atoms with Gasteiger partial charge in [-0.2, -0.15) is 0 Å². The largest absolute Gasteiger partial charge is 0.348 e. The number of benzene rings is 2. The Morgan fingerprint density at radius 2 is 2.00 bits per heavy atom. The number of hydrogen-bond donors (Lipinski definition) is 2. The van der Waals surface area contributed by atoms with Crippen LogP contribution in [-0.4, -0.2) is 34.9 Å². The average Bonchev–Trinajstić information content (AvgIpc) is 2.66. The number of H-pyrrole nitrogens is 1. The number of pyridine rings is 1. The van der Waals surface area contributed by atoms with E-state index >= 15 is 0 Å². The number of aromatic amines is 1. The standard InChI is InChI=1S/C22H22FN3O2/c1-14(12-26-9-8-15-4-2-3-5-16(15)13-26)24-22(28)19-11-21(27)25-20-10-17(23)6-7-18(19)20/h2-7,10-11,14H,8-9,12-13H2,1H3,(H,24,28)(H,25,27)/t14-/m0/s1. The third-order valence-electron chi connectivity index (χ3n) is 5.17. The lowest BCUT2D eigenvalue weighted by Gasteiger charge is -2.31. The molecule has 0 saturated heterocycles. The zero-order valence-electron chi connectivity index (χ0n) is 15.7. The van der Waals surface area contributed by atoms with E-state index in [4.69, 9.17) is 0 Å². The van der Waals surface area contributed by atoms with Crippen molar-refractivity contribution >= 4 is 16.8 Å². The second-order valence-electron chi connectivity index (χ2n) is 7.37. The fraction of sp³-hybridized carbons (Fsp3) is 0.273. The molecule has 1 atom stereocenters. The van der Waals surface area contributed by atoms with Gasteiger partial charge in [-0.15, -0.1) is 0 Å². The third kappa shape index (κ3) is 3.82. The van der Waals surface area contributed by atoms with E-state index in [9.17, 15) is 14.0 Å². The van der Waals surface area contributed by atoms with Crippen molar-refractivity contribution in [3.8, 4) is 0 Å². The van der Waals surface area contributed by atoms with Gasteiger partial charge in [-0.25, -0.2) is 4.39 Å². The molecule has 0 aliphatic carbocycles. The molecule has 0 bridgehead atoms. The fourth-order valence-corrected chi connectivity index (χ4v) is 3.86. The van der Waals surface area contributed by atoms with E-state index in [1.165, 1.54) is 35.4 Å². The lowest BCUT2D eigenvalue weighted by atomic mass is 9.99. The molecule has 0 spiro atoms. The summed E-state index contributed by atoms with van der Waals surface area (Å²) in [6.07, 6.45) is 1.00. The van der Waals surface area contributed by atoms with E-state index in [1.807, 2.05) is 6.92 Å². The first-order chi connectivity index (χ1) is 13.5. The molecule has 0 radical (unpaired) electrons. The van der Waals surface area contributed by atoms with Crippen LogP contribution in [0.5, 0.6) is 0 Å². The number of hydrogen-bond acceptors (Lipinski definition) is 3. The molecular formula is C22H22FN3O2. The minimum absolute atomic E-state index is 0.0902. The summed E-state index contributed by atoms with van der Waals surface area (Å²) in [7, 11) is 0. The van der Waals surface area contributed by atoms with Crippen molar-refractivity contribution in [1.29, 1.82) is 0 Å². The first-order valence-electron chi connectivity index (χ1n) is 9.42. The van der Waals surface area contributed by atoms with E-state index in [0.717, 1.165) is 26.1 Å². The molecule has 0 fully saturated rings. The highest BCUT2D eigenvalue weighted by Crippen LogP contribution is 2.19. The number of nitrogens with zero attached hydrogens (tertiary/aromatic N) is 1. The Hall–Kier alpha value is -2.99. The summed E-state index contributed by atoms with van der Waals surface area (Å²) in [5.74, 6) is -0.785. The molecule has 6 heteroatoms. The number of rotatable bonds is 4. The van der Waals surface area contributed by atoms with Crippen LogP contribution in [0.25, 0.3) is 10.9 Å². The van der Waals surface area contributed by atoms with Crippen molar-refractivity contribution < 1.29 is 9.18 Å². The predicted octanol–water partition coefficient (Wildman–Crippen LogP) is 2.84. The van der Waals surface area contributed by atoms with Gasteiger partial charge in [-0.05, 0) is 42.7 Å². The molecule has 28 heavy (non-hydrogen) atoms. The molecule has 1 aliphatic rings. The van der Waals surface area contributed by atoms with E-state index in [2.05, 4.69) is 39.5 Å². The van der Waals surface area contributed by atoms with Crippen LogP contribution in [0.4, 0.5) is 4.39 Å². The van der Waals surface area contributed by atoms with Gasteiger partial charge in [0, 0.05) is 37.1 Å². The van der Waals surface area contributed by atoms with Crippen molar-refractivity contribution in [1.82, 2.24) is 15.2 Å². The van der Waals surface area contributed by atoms with Gasteiger partial charge in [-0.3, -0.25) is 14.5 Å². The average molecular weight is 379 g/mol. The summed E-state index contributed by atoms with van der Waals surface area (Å²) in [5.41, 5.74) is 2.86. The summed E-state index contributed by atoms with van der Waals surface area (Å²) >= 11 is 0. The van der Waals surface area contributed by atoms with Crippen LogP contribution >= 0.6 is 0 Å². The lowest BCUT2D eigenvalue weighted by Crippen LogP contribution is -2.43. The molecule has 0 saturated carbocycles. The van der Waals surface area contributed by atoms with Crippen LogP contribution < -0.4 is 10.9 Å². The zero-order valence-corrected chi connectivity index (χ0v) is 15.7. The van der Waals surface area contributed by atoms with Crippen molar-refractivity contribution in [2.45, 2.75) is 25.9 Å². The van der Waals surface area contributed by atoms with Crippen molar-refractivity contribution in [3.63, 3.8) is 0 Å². The van der Waals surface area contributed by atoms with E-state index < -0.39 is 11.4 Å². The molecule has 2 aromatic carbocycles. The SMILES string of the molecule is C[C@@H](CN1CCc2ccccc2C1)NC(=O)c1cc(=O)[nH]c2cc(F)ccc12. The maximum atomic E-state index is 13.4. The number of aromatic nitrogens is 1. The lowest BCUT2D eigenvalue weighted by molar-refractivity contribution is 0.0928. The Balaban J connectivity index is 1.47. The fourth-order valence-electron chi connectivity index (χ4n) is 3.86. The maximum Gasteiger partial charge on any atom is 0.252 e. The van der Waals surface area contributed by atoms with Crippen LogP contribution in [0.15, 0.2) is 53.3 Å². The number of fused-ring (bicyclic) bond motifs is 2. The summed E-state index contributed by atoms with van der Waals surface area (Å²) in [4.78, 5) is 29.5. The van der Waals surface area contributed by atoms with Gasteiger partial charge in [-0.1, -0.05) is 24.3 Å². The highest BCUT2D eigenvalue weighted by Gasteiger charge is 2.20. The van der Waals surface area contributed by atoms with Crippen LogP contribution in [0.2, 0.25) is 0 Å². The minimum Gasteiger partial charge on any atom is -0.348 e. The van der Waals surface area contributed by atoms with Crippen LogP contribution in [-0.2, 0) is 13.0 Å². The van der Waals surface area contributed by atoms with Gasteiger partial charge in [0.05, 0.1) is 11.1 Å². The van der Waals surface area contributed by atoms with Gasteiger partial charge in [0.2, 0.25) is 5.56 Å². The topological polar surface area (TPSA) is 65.2 Å². The smallest absolute Gasteiger partial charge is 0.252 e. The highest BCUT2D eigenvalue weighted by molar-refractivity contribution is 6.06. The second kappa shape index (κ2) is 7.56. The van der Waals surface area contributed by atoms with Crippen LogP contribution in [0.1, 0.15) is 28.4 Å². The molecule has 3 aromatic rings. The van der Waals surface area contributed by atoms with E-state index in [-0.39, 0.29) is 17.5 Å². The Bertz CT molecular complexity index is 1090. The number of nitrogens with one attached hydrogen (secondary N) is 2. The summed E-state index contributed by atoms with van der Waals surface area (Å²) < 4.78 is 13.4. The molecule has 2 heterocycles. The monoisotopic (exact) mass is 379 g/mol. The Morgan fingerprint density at radius 1 is 1.21 bits per heavy atom. The van der Waals surface area contributed by atoms with Gasteiger partial charge in [0.25, 0.3) is 5.91 Å². The van der Waals surface area contributed by atoms with Gasteiger partial charge >= 0.3 is 0 Å². The first kappa shape index (κ1) is 18.4. The van der Waals surface area contributed by atoms with Crippen LogP contribution in [0.3, 0.4) is 0 Å². The summed E-state index contributed by atoms with van der Waals surface area (Å²) in [6.45, 7) is 4.48. The van der Waals surface area contributed by atoms with Gasteiger partial charge in [0.15, 0.2) is 0 Å². The second-order valence-corrected chi connectivity index (χ2v) is 7.37. The number of amides is 1. The van der Waals surface area contributed by atoms with Gasteiger partial charge < -0.3 is 10.3 Å². The highest BCUT2D eigenvalue weighted by atomic mass is 19.1. The number of carbonyl (C=O) groups is 1. The molecule has 0 unspecified atom stereocenters. The Morgan fingerprint density at radius 3 is 2.82 bits per heavy atom. The van der Waals surface area contributed by atoms with Gasteiger partial charge in [0.1, 0.15) is 5.82 Å². The molecule has 1 amide bonds. The Kier molecular flexibility index (Phi) is 4.96. The third-order valence-corrected chi connectivity index (χ3v) is 5.17. The van der Waals surface area contributed by atoms with E-state index in [1.54, 1.807) is 0 Å². The molecule has 1 aliphatic heterocycles. The minimum atomic E-state index is -0.459. The quantitative estimate of drug-likeness (QED) is 0.733. The zero-order chi connectivity index (χ0) is 19.7. The summed E-state index contributed by atoms with van der Waals surface area (Å²) in [6, 6.07) is 13.6. The first-order valence-corrected chi connectivity index (χ1v) is 9.42. The molecule has 5 nitrogen and oxygen atoms in total. The van der Waals surface area contributed by atoms with E-state index in [0.29, 0.717) is 10.9 Å². The summed E-state index contributed by atoms with van der Waals surface area (Å²) in [5, 5.41) is 3.50. The molecule has 2 N–H and O–H groups in total. The molecule has 4 rings (SSSR count). The van der Waals surface area contributed by atoms with Crippen molar-refractivity contribution in [2.24, 2.45) is 0 Å². The van der Waals surface area contributed by atoms with Crippen molar-refractivity contribution in [3.05, 3.63) is 81.4 Å². The predicted molar refractivity (Wildman–Crippen MR) is 107 cm³/mol. The Labute approximate surface area is 162 Å². The molecule has 1 aromatic heterocycles. The molecule has 144 valence electrons. The number of halogens is 1. The normalized spacial score (nSPS) is 15.2. The van der Waals surface area contributed by atoms with Crippen molar-refractivity contribution in [2.75, 3.05) is 13.1 Å². The number of carbonyl (C=O) groups excluding carboxylic acids is 1.